The second-order valence-corrected chi connectivity index (χ2v) is 6.41. The van der Waals surface area contributed by atoms with Crippen molar-refractivity contribution >= 4 is 27.5 Å². The summed E-state index contributed by atoms with van der Waals surface area (Å²) in [6, 6.07) is 13.9. The van der Waals surface area contributed by atoms with Gasteiger partial charge in [-0.05, 0) is 35.7 Å². The molecule has 0 aliphatic heterocycles. The highest BCUT2D eigenvalue weighted by atomic mass is 32.1. The van der Waals surface area contributed by atoms with Crippen LogP contribution in [0.5, 0.6) is 5.75 Å². The van der Waals surface area contributed by atoms with Crippen LogP contribution in [0.4, 0.5) is 9.18 Å². The quantitative estimate of drug-likeness (QED) is 0.734. The maximum Gasteiger partial charge on any atom is 0.315 e. The summed E-state index contributed by atoms with van der Waals surface area (Å²) in [6.45, 7) is 0.784. The molecule has 3 rings (SSSR count). The van der Waals surface area contributed by atoms with E-state index in [2.05, 4.69) is 10.6 Å². The number of nitrogens with one attached hydrogen (secondary N) is 2. The van der Waals surface area contributed by atoms with Crippen LogP contribution in [0.1, 0.15) is 10.4 Å². The molecule has 0 fully saturated rings. The molecule has 2 N–H and O–H groups in total. The highest BCUT2D eigenvalue weighted by molar-refractivity contribution is 7.19. The highest BCUT2D eigenvalue weighted by Crippen LogP contribution is 2.26. The third-order valence-electron chi connectivity index (χ3n) is 3.58. The molecule has 0 saturated heterocycles. The lowest BCUT2D eigenvalue weighted by Gasteiger charge is -2.10. The van der Waals surface area contributed by atoms with E-state index in [0.29, 0.717) is 13.1 Å². The molecule has 0 bridgehead atoms. The summed E-state index contributed by atoms with van der Waals surface area (Å²) in [4.78, 5) is 12.9. The van der Waals surface area contributed by atoms with Crippen molar-refractivity contribution in [2.45, 2.75) is 13.1 Å². The summed E-state index contributed by atoms with van der Waals surface area (Å²) in [7, 11) is 1.60. The first-order valence-corrected chi connectivity index (χ1v) is 8.29. The predicted octanol–water partition coefficient (Wildman–Crippen LogP) is 4.05. The molecule has 4 nitrogen and oxygen atoms in total. The van der Waals surface area contributed by atoms with Gasteiger partial charge in [0.05, 0.1) is 13.7 Å². The lowest BCUT2D eigenvalue weighted by molar-refractivity contribution is 0.240. The standard InChI is InChI=1S/C18H17FN2O2S/c1-23-16-5-3-2-4-12(16)10-20-18(22)21-11-15-9-13-8-14(19)6-7-17(13)24-15/h2-9H,10-11H2,1H3,(H2,20,21,22). The number of methoxy groups -OCH3 is 1. The Bertz CT molecular complexity index is 863. The van der Waals surface area contributed by atoms with Gasteiger partial charge in [0.1, 0.15) is 11.6 Å². The van der Waals surface area contributed by atoms with Crippen molar-refractivity contribution in [3.05, 3.63) is 64.8 Å². The first-order valence-electron chi connectivity index (χ1n) is 7.47. The van der Waals surface area contributed by atoms with Crippen LogP contribution in [0.3, 0.4) is 0 Å². The van der Waals surface area contributed by atoms with Crippen LogP contribution in [-0.2, 0) is 13.1 Å². The Balaban J connectivity index is 1.55. The normalized spacial score (nSPS) is 10.6. The zero-order chi connectivity index (χ0) is 16.9. The van der Waals surface area contributed by atoms with Crippen molar-refractivity contribution in [2.24, 2.45) is 0 Å². The van der Waals surface area contributed by atoms with E-state index in [-0.39, 0.29) is 11.8 Å². The first-order chi connectivity index (χ1) is 11.7. The molecule has 0 spiro atoms. The average molecular weight is 344 g/mol. The van der Waals surface area contributed by atoms with Gasteiger partial charge in [0.25, 0.3) is 0 Å². The van der Waals surface area contributed by atoms with Crippen LogP contribution in [-0.4, -0.2) is 13.1 Å². The molecule has 0 aliphatic rings. The largest absolute Gasteiger partial charge is 0.496 e. The average Bonchev–Trinajstić information content (AvgIpc) is 3.00. The number of hydrogen-bond acceptors (Lipinski definition) is 3. The Morgan fingerprint density at radius 1 is 1.12 bits per heavy atom. The van der Waals surface area contributed by atoms with Gasteiger partial charge >= 0.3 is 6.03 Å². The van der Waals surface area contributed by atoms with Gasteiger partial charge in [-0.1, -0.05) is 18.2 Å². The second kappa shape index (κ2) is 7.31. The monoisotopic (exact) mass is 344 g/mol. The summed E-state index contributed by atoms with van der Waals surface area (Å²) in [6.07, 6.45) is 0. The van der Waals surface area contributed by atoms with Crippen LogP contribution in [0.15, 0.2) is 48.5 Å². The molecular formula is C18H17FN2O2S. The number of rotatable bonds is 5. The molecule has 0 aliphatic carbocycles. The van der Waals surface area contributed by atoms with E-state index in [0.717, 1.165) is 26.3 Å². The Hall–Kier alpha value is -2.60. The van der Waals surface area contributed by atoms with Gasteiger partial charge in [0.2, 0.25) is 0 Å². The van der Waals surface area contributed by atoms with E-state index in [1.807, 2.05) is 30.3 Å². The maximum absolute atomic E-state index is 13.2. The molecule has 6 heteroatoms. The first kappa shape index (κ1) is 16.3. The Kier molecular flexibility index (Phi) is 4.96. The van der Waals surface area contributed by atoms with E-state index >= 15 is 0 Å². The second-order valence-electron chi connectivity index (χ2n) is 5.24. The Morgan fingerprint density at radius 2 is 1.92 bits per heavy atom. The van der Waals surface area contributed by atoms with E-state index in [9.17, 15) is 9.18 Å². The third kappa shape index (κ3) is 3.83. The fourth-order valence-corrected chi connectivity index (χ4v) is 3.40. The van der Waals surface area contributed by atoms with Crippen LogP contribution in [0.2, 0.25) is 0 Å². The molecule has 2 amide bonds. The number of benzene rings is 2. The zero-order valence-electron chi connectivity index (χ0n) is 13.1. The maximum atomic E-state index is 13.2. The predicted molar refractivity (Wildman–Crippen MR) is 93.9 cm³/mol. The van der Waals surface area contributed by atoms with Gasteiger partial charge in [0.15, 0.2) is 0 Å². The summed E-state index contributed by atoms with van der Waals surface area (Å²) in [5, 5.41) is 6.46. The number of halogens is 1. The van der Waals surface area contributed by atoms with Crippen molar-refractivity contribution in [2.75, 3.05) is 7.11 Å². The van der Waals surface area contributed by atoms with E-state index < -0.39 is 0 Å². The minimum absolute atomic E-state index is 0.255. The molecule has 0 atom stereocenters. The number of thiophene rings is 1. The Morgan fingerprint density at radius 3 is 2.75 bits per heavy atom. The molecule has 1 heterocycles. The van der Waals surface area contributed by atoms with Crippen LogP contribution < -0.4 is 15.4 Å². The van der Waals surface area contributed by atoms with Gasteiger partial charge < -0.3 is 15.4 Å². The van der Waals surface area contributed by atoms with Gasteiger partial charge in [-0.3, -0.25) is 0 Å². The summed E-state index contributed by atoms with van der Waals surface area (Å²) >= 11 is 1.54. The van der Waals surface area contributed by atoms with Gasteiger partial charge in [-0.2, -0.15) is 0 Å². The number of urea groups is 1. The van der Waals surface area contributed by atoms with Gasteiger partial charge in [-0.15, -0.1) is 11.3 Å². The van der Waals surface area contributed by atoms with E-state index in [1.54, 1.807) is 13.2 Å². The van der Waals surface area contributed by atoms with Gasteiger partial charge in [-0.25, -0.2) is 9.18 Å². The van der Waals surface area contributed by atoms with Crippen molar-refractivity contribution in [3.8, 4) is 5.75 Å². The zero-order valence-corrected chi connectivity index (χ0v) is 14.0. The van der Waals surface area contributed by atoms with Crippen molar-refractivity contribution < 1.29 is 13.9 Å². The third-order valence-corrected chi connectivity index (χ3v) is 4.70. The van der Waals surface area contributed by atoms with Crippen LogP contribution >= 0.6 is 11.3 Å². The lowest BCUT2D eigenvalue weighted by Crippen LogP contribution is -2.34. The summed E-state index contributed by atoms with van der Waals surface area (Å²) in [5.41, 5.74) is 0.910. The summed E-state index contributed by atoms with van der Waals surface area (Å²) < 4.78 is 19.5. The Labute approximate surface area is 143 Å². The van der Waals surface area contributed by atoms with Crippen molar-refractivity contribution in [1.29, 1.82) is 0 Å². The molecule has 0 unspecified atom stereocenters. The number of amides is 2. The molecule has 124 valence electrons. The highest BCUT2D eigenvalue weighted by Gasteiger charge is 2.07. The minimum Gasteiger partial charge on any atom is -0.496 e. The molecule has 0 saturated carbocycles. The number of fused-ring (bicyclic) bond motifs is 1. The number of hydrogen-bond donors (Lipinski definition) is 2. The molecule has 3 aromatic rings. The molecule has 1 aromatic heterocycles. The minimum atomic E-state index is -0.260. The molecular weight excluding hydrogens is 327 g/mol. The molecule has 2 aromatic carbocycles. The lowest BCUT2D eigenvalue weighted by atomic mass is 10.2. The SMILES string of the molecule is COc1ccccc1CNC(=O)NCc1cc2cc(F)ccc2s1. The van der Waals surface area contributed by atoms with Crippen molar-refractivity contribution in [1.82, 2.24) is 10.6 Å². The smallest absolute Gasteiger partial charge is 0.315 e. The number of carbonyl (C=O) groups excluding carboxylic acids is 1. The number of ether oxygens (including phenoxy) is 1. The van der Waals surface area contributed by atoms with Crippen molar-refractivity contribution in [3.63, 3.8) is 0 Å². The van der Waals surface area contributed by atoms with Crippen LogP contribution in [0, 0.1) is 5.82 Å². The van der Waals surface area contributed by atoms with Gasteiger partial charge in [0, 0.05) is 21.7 Å². The van der Waals surface area contributed by atoms with E-state index in [4.69, 9.17) is 4.74 Å². The van der Waals surface area contributed by atoms with E-state index in [1.165, 1.54) is 23.5 Å². The summed E-state index contributed by atoms with van der Waals surface area (Å²) in [5.74, 6) is 0.485. The van der Waals surface area contributed by atoms with Crippen LogP contribution in [0.25, 0.3) is 10.1 Å². The topological polar surface area (TPSA) is 50.4 Å². The number of carbonyl (C=O) groups is 1. The fraction of sp³-hybridized carbons (Fsp3) is 0.167. The number of para-hydroxylation sites is 1. The fourth-order valence-electron chi connectivity index (χ4n) is 2.41. The molecule has 24 heavy (non-hydrogen) atoms. The molecule has 0 radical (unpaired) electrons.